The van der Waals surface area contributed by atoms with Crippen LogP contribution in [0.4, 0.5) is 0 Å². The third kappa shape index (κ3) is 1.89. The molecule has 1 rings (SSSR count). The number of rotatable bonds is 1. The molecule has 0 radical (unpaired) electrons. The van der Waals surface area contributed by atoms with E-state index in [1.54, 1.807) is 0 Å². The molecule has 60 valence electrons. The highest BCUT2D eigenvalue weighted by Crippen LogP contribution is 2.29. The van der Waals surface area contributed by atoms with Crippen LogP contribution in [-0.2, 0) is 4.74 Å². The van der Waals surface area contributed by atoms with Crippen molar-refractivity contribution >= 4 is 11.8 Å². The summed E-state index contributed by atoms with van der Waals surface area (Å²) in [4.78, 5) is 0. The summed E-state index contributed by atoms with van der Waals surface area (Å²) in [5, 5.41) is 0.694. The Kier molecular flexibility index (Phi) is 2.64. The Morgan fingerprint density at radius 3 is 2.80 bits per heavy atom. The van der Waals surface area contributed by atoms with Crippen LogP contribution in [0.3, 0.4) is 0 Å². The van der Waals surface area contributed by atoms with E-state index in [1.165, 1.54) is 0 Å². The molecule has 1 saturated heterocycles. The summed E-state index contributed by atoms with van der Waals surface area (Å²) in [6.07, 6.45) is 1.13. The zero-order valence-electron chi connectivity index (χ0n) is 7.02. The van der Waals surface area contributed by atoms with Crippen molar-refractivity contribution in [3.63, 3.8) is 0 Å². The summed E-state index contributed by atoms with van der Waals surface area (Å²) >= 11 is 2.02. The third-order valence-electron chi connectivity index (χ3n) is 2.09. The van der Waals surface area contributed by atoms with Crippen LogP contribution in [0.5, 0.6) is 0 Å². The maximum atomic E-state index is 5.71. The number of hydrogen-bond donors (Lipinski definition) is 0. The Hall–Kier alpha value is 0.310. The first-order valence-corrected chi connectivity index (χ1v) is 4.97. The van der Waals surface area contributed by atoms with Crippen molar-refractivity contribution in [3.05, 3.63) is 0 Å². The molecule has 2 heteroatoms. The van der Waals surface area contributed by atoms with Crippen LogP contribution in [0.1, 0.15) is 27.2 Å². The van der Waals surface area contributed by atoms with Crippen LogP contribution in [-0.4, -0.2) is 23.2 Å². The van der Waals surface area contributed by atoms with E-state index in [-0.39, 0.29) is 5.60 Å². The Morgan fingerprint density at radius 2 is 2.40 bits per heavy atom. The average Bonchev–Trinajstić information content (AvgIpc) is 1.96. The van der Waals surface area contributed by atoms with E-state index in [4.69, 9.17) is 4.74 Å². The molecule has 1 aliphatic heterocycles. The number of hydrogen-bond acceptors (Lipinski definition) is 2. The molecule has 1 heterocycles. The lowest BCUT2D eigenvalue weighted by Gasteiger charge is -2.35. The summed E-state index contributed by atoms with van der Waals surface area (Å²) < 4.78 is 5.71. The highest BCUT2D eigenvalue weighted by atomic mass is 32.2. The van der Waals surface area contributed by atoms with Gasteiger partial charge in [-0.2, -0.15) is 11.8 Å². The monoisotopic (exact) mass is 160 g/mol. The molecule has 0 amide bonds. The van der Waals surface area contributed by atoms with E-state index in [9.17, 15) is 0 Å². The Labute approximate surface area is 67.5 Å². The minimum absolute atomic E-state index is 0.164. The summed E-state index contributed by atoms with van der Waals surface area (Å²) in [7, 11) is 0. The maximum absolute atomic E-state index is 5.71. The predicted octanol–water partition coefficient (Wildman–Crippen LogP) is 2.31. The molecule has 0 aromatic heterocycles. The lowest BCUT2D eigenvalue weighted by atomic mass is 10.1. The largest absolute Gasteiger partial charge is 0.373 e. The summed E-state index contributed by atoms with van der Waals surface area (Å²) in [5.74, 6) is 1.16. The first-order chi connectivity index (χ1) is 4.66. The molecule has 0 N–H and O–H groups in total. The first-order valence-electron chi connectivity index (χ1n) is 3.92. The molecule has 1 fully saturated rings. The SMILES string of the molecule is CCC1(C)CS[C@H](C)CO1. The van der Waals surface area contributed by atoms with Gasteiger partial charge in [-0.25, -0.2) is 0 Å². The molecule has 0 spiro atoms. The van der Waals surface area contributed by atoms with Crippen LogP contribution in [0.15, 0.2) is 0 Å². The quantitative estimate of drug-likeness (QED) is 0.582. The van der Waals surface area contributed by atoms with Gasteiger partial charge >= 0.3 is 0 Å². The van der Waals surface area contributed by atoms with E-state index in [1.807, 2.05) is 11.8 Å². The molecule has 0 saturated carbocycles. The molecule has 0 aliphatic carbocycles. The van der Waals surface area contributed by atoms with E-state index >= 15 is 0 Å². The van der Waals surface area contributed by atoms with Gasteiger partial charge in [0, 0.05) is 11.0 Å². The summed E-state index contributed by atoms with van der Waals surface area (Å²) in [6.45, 7) is 7.54. The van der Waals surface area contributed by atoms with Crippen LogP contribution in [0.25, 0.3) is 0 Å². The second-order valence-corrected chi connectivity index (χ2v) is 4.66. The van der Waals surface area contributed by atoms with Crippen molar-refractivity contribution in [2.75, 3.05) is 12.4 Å². The third-order valence-corrected chi connectivity index (χ3v) is 3.57. The van der Waals surface area contributed by atoms with Gasteiger partial charge in [-0.3, -0.25) is 0 Å². The highest BCUT2D eigenvalue weighted by Gasteiger charge is 2.28. The van der Waals surface area contributed by atoms with Crippen molar-refractivity contribution in [2.24, 2.45) is 0 Å². The molecule has 0 bridgehead atoms. The van der Waals surface area contributed by atoms with Crippen LogP contribution in [0.2, 0.25) is 0 Å². The minimum Gasteiger partial charge on any atom is -0.373 e. The van der Waals surface area contributed by atoms with Crippen molar-refractivity contribution in [2.45, 2.75) is 38.0 Å². The fraction of sp³-hybridized carbons (Fsp3) is 1.00. The molecule has 1 aliphatic rings. The van der Waals surface area contributed by atoms with Crippen LogP contribution in [0, 0.1) is 0 Å². The van der Waals surface area contributed by atoms with Gasteiger partial charge in [0.05, 0.1) is 12.2 Å². The van der Waals surface area contributed by atoms with Crippen LogP contribution < -0.4 is 0 Å². The van der Waals surface area contributed by atoms with Gasteiger partial charge in [0.15, 0.2) is 0 Å². The molecule has 1 nitrogen and oxygen atoms in total. The van der Waals surface area contributed by atoms with Gasteiger partial charge in [-0.05, 0) is 13.3 Å². The molecule has 1 unspecified atom stereocenters. The zero-order chi connectivity index (χ0) is 7.61. The summed E-state index contributed by atoms with van der Waals surface area (Å²) in [5.41, 5.74) is 0.164. The highest BCUT2D eigenvalue weighted by molar-refractivity contribution is 8.00. The fourth-order valence-corrected chi connectivity index (χ4v) is 2.02. The minimum atomic E-state index is 0.164. The van der Waals surface area contributed by atoms with Gasteiger partial charge in [-0.15, -0.1) is 0 Å². The van der Waals surface area contributed by atoms with E-state index < -0.39 is 0 Å². The Bertz CT molecular complexity index is 106. The first kappa shape index (κ1) is 8.41. The zero-order valence-corrected chi connectivity index (χ0v) is 7.83. The van der Waals surface area contributed by atoms with Gasteiger partial charge in [0.1, 0.15) is 0 Å². The maximum Gasteiger partial charge on any atom is 0.0742 e. The normalized spacial score (nSPS) is 41.7. The lowest BCUT2D eigenvalue weighted by Crippen LogP contribution is -2.38. The molecule has 0 aromatic carbocycles. The van der Waals surface area contributed by atoms with E-state index in [0.717, 1.165) is 18.8 Å². The van der Waals surface area contributed by atoms with E-state index in [2.05, 4.69) is 20.8 Å². The van der Waals surface area contributed by atoms with Crippen molar-refractivity contribution < 1.29 is 4.74 Å². The molecule has 0 aromatic rings. The van der Waals surface area contributed by atoms with Crippen molar-refractivity contribution in [1.29, 1.82) is 0 Å². The molecular formula is C8H16OS. The number of ether oxygens (including phenoxy) is 1. The topological polar surface area (TPSA) is 9.23 Å². The Balaban J connectivity index is 2.38. The van der Waals surface area contributed by atoms with Gasteiger partial charge in [0.2, 0.25) is 0 Å². The smallest absolute Gasteiger partial charge is 0.0742 e. The summed E-state index contributed by atoms with van der Waals surface area (Å²) in [6, 6.07) is 0. The van der Waals surface area contributed by atoms with Gasteiger partial charge in [-0.1, -0.05) is 13.8 Å². The van der Waals surface area contributed by atoms with Crippen molar-refractivity contribution in [3.8, 4) is 0 Å². The lowest BCUT2D eigenvalue weighted by molar-refractivity contribution is -0.0205. The Morgan fingerprint density at radius 1 is 1.70 bits per heavy atom. The van der Waals surface area contributed by atoms with Gasteiger partial charge < -0.3 is 4.74 Å². The molecule has 10 heavy (non-hydrogen) atoms. The fourth-order valence-electron chi connectivity index (χ4n) is 0.931. The van der Waals surface area contributed by atoms with Crippen LogP contribution >= 0.6 is 11.8 Å². The average molecular weight is 160 g/mol. The molecule has 2 atom stereocenters. The second kappa shape index (κ2) is 3.14. The molecular weight excluding hydrogens is 144 g/mol. The standard InChI is InChI=1S/C8H16OS/c1-4-8(3)6-10-7(2)5-9-8/h7H,4-6H2,1-3H3/t7-,8?/m1/s1. The van der Waals surface area contributed by atoms with E-state index in [0.29, 0.717) is 5.25 Å². The predicted molar refractivity (Wildman–Crippen MR) is 46.6 cm³/mol. The number of thioether (sulfide) groups is 1. The van der Waals surface area contributed by atoms with Crippen molar-refractivity contribution in [1.82, 2.24) is 0 Å². The second-order valence-electron chi connectivity index (χ2n) is 3.24. The van der Waals surface area contributed by atoms with Gasteiger partial charge in [0.25, 0.3) is 0 Å².